The summed E-state index contributed by atoms with van der Waals surface area (Å²) < 4.78 is 5.33. The maximum Gasteiger partial charge on any atom is 0.210 e. The Morgan fingerprint density at radius 3 is 2.44 bits per heavy atom. The number of ether oxygens (including phenoxy) is 1. The largest absolute Gasteiger partial charge is 0.496 e. The van der Waals surface area contributed by atoms with Gasteiger partial charge in [-0.25, -0.2) is 0 Å². The van der Waals surface area contributed by atoms with E-state index in [0.29, 0.717) is 6.54 Å². The second kappa shape index (κ2) is 5.32. The molecule has 0 saturated heterocycles. The zero-order valence-corrected chi connectivity index (χ0v) is 11.5. The second-order valence-corrected chi connectivity index (χ2v) is 5.04. The SMILES string of the molecule is COc1c(C)cc(Nc2nnc(CN)s2)cc1C. The number of hydrogen-bond acceptors (Lipinski definition) is 6. The van der Waals surface area contributed by atoms with Gasteiger partial charge in [-0.15, -0.1) is 10.2 Å². The van der Waals surface area contributed by atoms with Crippen LogP contribution in [-0.4, -0.2) is 17.3 Å². The van der Waals surface area contributed by atoms with E-state index < -0.39 is 0 Å². The molecule has 0 saturated carbocycles. The van der Waals surface area contributed by atoms with Gasteiger partial charge in [-0.3, -0.25) is 0 Å². The number of benzene rings is 1. The van der Waals surface area contributed by atoms with Crippen molar-refractivity contribution in [2.75, 3.05) is 12.4 Å². The maximum absolute atomic E-state index is 5.51. The van der Waals surface area contributed by atoms with E-state index in [1.807, 2.05) is 26.0 Å². The molecule has 0 amide bonds. The number of rotatable bonds is 4. The van der Waals surface area contributed by atoms with Gasteiger partial charge >= 0.3 is 0 Å². The van der Waals surface area contributed by atoms with Crippen LogP contribution < -0.4 is 15.8 Å². The Morgan fingerprint density at radius 2 is 1.94 bits per heavy atom. The lowest BCUT2D eigenvalue weighted by Gasteiger charge is -2.11. The molecule has 1 aromatic carbocycles. The van der Waals surface area contributed by atoms with Gasteiger partial charge in [0.25, 0.3) is 0 Å². The standard InChI is InChI=1S/C12H16N4OS/c1-7-4-9(5-8(2)11(7)17-3)14-12-16-15-10(6-13)18-12/h4-5H,6,13H2,1-3H3,(H,14,16). The monoisotopic (exact) mass is 264 g/mol. The lowest BCUT2D eigenvalue weighted by molar-refractivity contribution is 0.408. The summed E-state index contributed by atoms with van der Waals surface area (Å²) >= 11 is 1.46. The molecular weight excluding hydrogens is 248 g/mol. The van der Waals surface area contributed by atoms with Crippen LogP contribution in [0.15, 0.2) is 12.1 Å². The van der Waals surface area contributed by atoms with Gasteiger partial charge in [0.05, 0.1) is 7.11 Å². The summed E-state index contributed by atoms with van der Waals surface area (Å²) in [4.78, 5) is 0. The molecule has 1 heterocycles. The lowest BCUT2D eigenvalue weighted by Crippen LogP contribution is -1.95. The molecule has 0 aliphatic carbocycles. The molecule has 0 aliphatic heterocycles. The van der Waals surface area contributed by atoms with Crippen LogP contribution in [0.2, 0.25) is 0 Å². The molecule has 2 rings (SSSR count). The molecule has 0 spiro atoms. The van der Waals surface area contributed by atoms with Crippen molar-refractivity contribution in [3.8, 4) is 5.75 Å². The van der Waals surface area contributed by atoms with Crippen molar-refractivity contribution in [3.05, 3.63) is 28.3 Å². The van der Waals surface area contributed by atoms with Crippen LogP contribution in [0.25, 0.3) is 0 Å². The number of nitrogens with one attached hydrogen (secondary N) is 1. The van der Waals surface area contributed by atoms with Gasteiger partial charge in [0.1, 0.15) is 10.8 Å². The Hall–Kier alpha value is -1.66. The zero-order chi connectivity index (χ0) is 13.1. The van der Waals surface area contributed by atoms with E-state index in [9.17, 15) is 0 Å². The number of aryl methyl sites for hydroxylation is 2. The van der Waals surface area contributed by atoms with E-state index in [4.69, 9.17) is 10.5 Å². The molecule has 6 heteroatoms. The average Bonchev–Trinajstić information content (AvgIpc) is 2.76. The number of anilines is 2. The van der Waals surface area contributed by atoms with E-state index in [2.05, 4.69) is 15.5 Å². The third kappa shape index (κ3) is 2.60. The van der Waals surface area contributed by atoms with Gasteiger partial charge in [-0.2, -0.15) is 0 Å². The number of aromatic nitrogens is 2. The molecule has 3 N–H and O–H groups in total. The first-order valence-corrected chi connectivity index (χ1v) is 6.40. The summed E-state index contributed by atoms with van der Waals surface area (Å²) in [6.45, 7) is 4.45. The van der Waals surface area contributed by atoms with Crippen LogP contribution >= 0.6 is 11.3 Å². The Labute approximate surface area is 110 Å². The smallest absolute Gasteiger partial charge is 0.210 e. The van der Waals surface area contributed by atoms with Gasteiger partial charge in [0.2, 0.25) is 5.13 Å². The predicted octanol–water partition coefficient (Wildman–Crippen LogP) is 2.37. The van der Waals surface area contributed by atoms with E-state index in [0.717, 1.165) is 32.7 Å². The topological polar surface area (TPSA) is 73.1 Å². The number of hydrogen-bond donors (Lipinski definition) is 2. The highest BCUT2D eigenvalue weighted by Crippen LogP contribution is 2.29. The summed E-state index contributed by atoms with van der Waals surface area (Å²) in [5.74, 6) is 0.917. The molecule has 0 aliphatic rings. The van der Waals surface area contributed by atoms with Crippen LogP contribution in [-0.2, 0) is 6.54 Å². The summed E-state index contributed by atoms with van der Waals surface area (Å²) in [5.41, 5.74) is 8.66. The third-order valence-electron chi connectivity index (χ3n) is 2.56. The minimum atomic E-state index is 0.417. The molecule has 96 valence electrons. The van der Waals surface area contributed by atoms with E-state index in [1.165, 1.54) is 11.3 Å². The third-order valence-corrected chi connectivity index (χ3v) is 3.42. The highest BCUT2D eigenvalue weighted by atomic mass is 32.1. The van der Waals surface area contributed by atoms with Crippen molar-refractivity contribution in [3.63, 3.8) is 0 Å². The first-order chi connectivity index (χ1) is 8.63. The molecule has 2 aromatic rings. The molecule has 0 fully saturated rings. The Balaban J connectivity index is 2.24. The van der Waals surface area contributed by atoms with Crippen molar-refractivity contribution in [1.82, 2.24) is 10.2 Å². The Bertz CT molecular complexity index is 530. The summed E-state index contributed by atoms with van der Waals surface area (Å²) in [6.07, 6.45) is 0. The fourth-order valence-corrected chi connectivity index (χ4v) is 2.49. The summed E-state index contributed by atoms with van der Waals surface area (Å²) in [7, 11) is 1.68. The van der Waals surface area contributed by atoms with Crippen molar-refractivity contribution >= 4 is 22.2 Å². The van der Waals surface area contributed by atoms with Crippen molar-refractivity contribution in [2.24, 2.45) is 5.73 Å². The summed E-state index contributed by atoms with van der Waals surface area (Å²) in [5, 5.41) is 12.8. The number of methoxy groups -OCH3 is 1. The molecular formula is C12H16N4OS. The second-order valence-electron chi connectivity index (χ2n) is 3.97. The van der Waals surface area contributed by atoms with Gasteiger partial charge in [0, 0.05) is 12.2 Å². The fourth-order valence-electron chi connectivity index (χ4n) is 1.85. The maximum atomic E-state index is 5.51. The minimum Gasteiger partial charge on any atom is -0.496 e. The molecule has 18 heavy (non-hydrogen) atoms. The minimum absolute atomic E-state index is 0.417. The molecule has 5 nitrogen and oxygen atoms in total. The fraction of sp³-hybridized carbons (Fsp3) is 0.333. The molecule has 0 bridgehead atoms. The van der Waals surface area contributed by atoms with E-state index >= 15 is 0 Å². The quantitative estimate of drug-likeness (QED) is 0.887. The summed E-state index contributed by atoms with van der Waals surface area (Å²) in [6, 6.07) is 4.05. The highest BCUT2D eigenvalue weighted by Gasteiger charge is 2.07. The van der Waals surface area contributed by atoms with Crippen LogP contribution in [0.1, 0.15) is 16.1 Å². The lowest BCUT2D eigenvalue weighted by atomic mass is 10.1. The molecule has 1 aromatic heterocycles. The van der Waals surface area contributed by atoms with Gasteiger partial charge < -0.3 is 15.8 Å². The van der Waals surface area contributed by atoms with Crippen molar-refractivity contribution in [1.29, 1.82) is 0 Å². The predicted molar refractivity (Wildman–Crippen MR) is 73.6 cm³/mol. The van der Waals surface area contributed by atoms with Crippen LogP contribution in [0.4, 0.5) is 10.8 Å². The molecule has 0 atom stereocenters. The van der Waals surface area contributed by atoms with Crippen LogP contribution in [0.5, 0.6) is 5.75 Å². The highest BCUT2D eigenvalue weighted by molar-refractivity contribution is 7.15. The van der Waals surface area contributed by atoms with E-state index in [-0.39, 0.29) is 0 Å². The first kappa shape index (κ1) is 12.8. The van der Waals surface area contributed by atoms with Crippen molar-refractivity contribution in [2.45, 2.75) is 20.4 Å². The van der Waals surface area contributed by atoms with E-state index in [1.54, 1.807) is 7.11 Å². The van der Waals surface area contributed by atoms with Gasteiger partial charge in [0.15, 0.2) is 0 Å². The molecule has 0 unspecified atom stereocenters. The Kier molecular flexibility index (Phi) is 3.78. The van der Waals surface area contributed by atoms with Crippen LogP contribution in [0.3, 0.4) is 0 Å². The molecule has 0 radical (unpaired) electrons. The number of nitrogens with zero attached hydrogens (tertiary/aromatic N) is 2. The number of nitrogens with two attached hydrogens (primary N) is 1. The van der Waals surface area contributed by atoms with Crippen molar-refractivity contribution < 1.29 is 4.74 Å². The first-order valence-electron chi connectivity index (χ1n) is 5.58. The van der Waals surface area contributed by atoms with Gasteiger partial charge in [-0.05, 0) is 37.1 Å². The Morgan fingerprint density at radius 1 is 1.28 bits per heavy atom. The average molecular weight is 264 g/mol. The van der Waals surface area contributed by atoms with Gasteiger partial charge in [-0.1, -0.05) is 11.3 Å². The normalized spacial score (nSPS) is 10.4. The zero-order valence-electron chi connectivity index (χ0n) is 10.7. The van der Waals surface area contributed by atoms with Crippen LogP contribution in [0, 0.1) is 13.8 Å².